The highest BCUT2D eigenvalue weighted by molar-refractivity contribution is 9.10. The van der Waals surface area contributed by atoms with Crippen LogP contribution in [0.2, 0.25) is 0 Å². The van der Waals surface area contributed by atoms with Crippen LogP contribution in [-0.2, 0) is 14.9 Å². The number of nitrogens with zero attached hydrogens (tertiary/aromatic N) is 3. The first-order valence-corrected chi connectivity index (χ1v) is 13.3. The maximum Gasteiger partial charge on any atom is 0.324 e. The summed E-state index contributed by atoms with van der Waals surface area (Å²) >= 11 is 3.50. The van der Waals surface area contributed by atoms with Crippen LogP contribution in [0.4, 0.5) is 22.1 Å². The van der Waals surface area contributed by atoms with Gasteiger partial charge in [0.05, 0.1) is 15.9 Å². The smallest absolute Gasteiger partial charge is 0.324 e. The van der Waals surface area contributed by atoms with Crippen molar-refractivity contribution in [1.82, 2.24) is 14.8 Å². The molecule has 2 heterocycles. The Bertz CT molecular complexity index is 1510. The summed E-state index contributed by atoms with van der Waals surface area (Å²) in [6.07, 6.45) is 1.53. The molecule has 0 unspecified atom stereocenters. The Hall–Kier alpha value is -4.22. The number of carbonyl (C=O) groups is 2. The molecular weight excluding hydrogens is 576 g/mol. The van der Waals surface area contributed by atoms with Gasteiger partial charge in [-0.25, -0.2) is 14.5 Å². The number of nitrogens with one attached hydrogen (secondary N) is 3. The number of ether oxygens (including phenoxy) is 2. The lowest BCUT2D eigenvalue weighted by atomic mass is 9.92. The van der Waals surface area contributed by atoms with E-state index in [2.05, 4.69) is 57.6 Å². The third-order valence-electron chi connectivity index (χ3n) is 5.69. The molecular formula is C29H31BrN6O4. The Morgan fingerprint density at radius 1 is 0.975 bits per heavy atom. The number of aromatic nitrogens is 3. The van der Waals surface area contributed by atoms with Crippen LogP contribution < -0.4 is 20.7 Å². The molecule has 3 amide bonds. The summed E-state index contributed by atoms with van der Waals surface area (Å²) in [4.78, 5) is 28.8. The molecule has 0 aliphatic rings. The van der Waals surface area contributed by atoms with Gasteiger partial charge >= 0.3 is 6.03 Å². The van der Waals surface area contributed by atoms with Gasteiger partial charge in [-0.1, -0.05) is 38.5 Å². The van der Waals surface area contributed by atoms with Gasteiger partial charge < -0.3 is 20.1 Å². The molecule has 10 nitrogen and oxygen atoms in total. The third-order valence-corrected chi connectivity index (χ3v) is 6.31. The zero-order chi connectivity index (χ0) is 28.9. The van der Waals surface area contributed by atoms with Crippen LogP contribution in [0.5, 0.6) is 11.5 Å². The number of aryl methyl sites for hydroxylation is 1. The lowest BCUT2D eigenvalue weighted by Crippen LogP contribution is -2.21. The second kappa shape index (κ2) is 12.3. The lowest BCUT2D eigenvalue weighted by Gasteiger charge is -2.14. The minimum Gasteiger partial charge on any atom is -0.456 e. The van der Waals surface area contributed by atoms with E-state index < -0.39 is 6.03 Å². The van der Waals surface area contributed by atoms with E-state index in [1.807, 2.05) is 37.3 Å². The van der Waals surface area contributed by atoms with E-state index in [0.717, 1.165) is 16.9 Å². The zero-order valence-electron chi connectivity index (χ0n) is 22.9. The summed E-state index contributed by atoms with van der Waals surface area (Å²) in [5, 5.41) is 13.2. The predicted molar refractivity (Wildman–Crippen MR) is 159 cm³/mol. The number of pyridine rings is 1. The van der Waals surface area contributed by atoms with Crippen LogP contribution in [0.25, 0.3) is 5.69 Å². The van der Waals surface area contributed by atoms with Crippen molar-refractivity contribution in [3.8, 4) is 17.2 Å². The first-order valence-electron chi connectivity index (χ1n) is 12.5. The van der Waals surface area contributed by atoms with E-state index in [1.54, 1.807) is 35.0 Å². The Labute approximate surface area is 241 Å². The number of amides is 3. The van der Waals surface area contributed by atoms with Gasteiger partial charge in [0.15, 0.2) is 0 Å². The van der Waals surface area contributed by atoms with E-state index in [9.17, 15) is 9.59 Å². The third kappa shape index (κ3) is 7.45. The van der Waals surface area contributed by atoms with E-state index in [-0.39, 0.29) is 17.9 Å². The summed E-state index contributed by atoms with van der Waals surface area (Å²) in [5.41, 5.74) is 3.18. The van der Waals surface area contributed by atoms with Gasteiger partial charge in [0.25, 0.3) is 5.91 Å². The molecule has 40 heavy (non-hydrogen) atoms. The number of urea groups is 1. The van der Waals surface area contributed by atoms with Gasteiger partial charge in [0.2, 0.25) is 0 Å². The Morgan fingerprint density at radius 3 is 2.40 bits per heavy atom. The standard InChI is InChI=1S/C29H31BrN6O4/c1-18-6-9-20(10-7-18)36-26(16-24(35-36)29(2,3)4)34-28(38)32-19-8-11-23(22(30)14-19)40-21-12-13-31-25(15-21)33-27(37)17-39-5/h6-16H,17H2,1-5H3,(H,31,33,37)(H2,32,34,38). The number of hydrogen-bond acceptors (Lipinski definition) is 6. The molecule has 0 bridgehead atoms. The zero-order valence-corrected chi connectivity index (χ0v) is 24.5. The molecule has 4 aromatic rings. The number of benzene rings is 2. The molecule has 0 spiro atoms. The number of anilines is 3. The van der Waals surface area contributed by atoms with Gasteiger partial charge in [-0.3, -0.25) is 10.1 Å². The van der Waals surface area contributed by atoms with E-state index in [1.165, 1.54) is 13.3 Å². The summed E-state index contributed by atoms with van der Waals surface area (Å²) in [6, 6.07) is 17.8. The van der Waals surface area contributed by atoms with Crippen molar-refractivity contribution >= 4 is 45.2 Å². The number of rotatable bonds is 8. The molecule has 2 aromatic heterocycles. The van der Waals surface area contributed by atoms with E-state index in [4.69, 9.17) is 14.6 Å². The second-order valence-corrected chi connectivity index (χ2v) is 11.0. The van der Waals surface area contributed by atoms with Gasteiger partial charge in [-0.05, 0) is 59.3 Å². The number of methoxy groups -OCH3 is 1. The fraction of sp³-hybridized carbons (Fsp3) is 0.241. The fourth-order valence-corrected chi connectivity index (χ4v) is 4.10. The minimum absolute atomic E-state index is 0.0770. The summed E-state index contributed by atoms with van der Waals surface area (Å²) in [5.74, 6) is 1.56. The average molecular weight is 608 g/mol. The van der Waals surface area contributed by atoms with Gasteiger partial charge in [0, 0.05) is 36.5 Å². The maximum absolute atomic E-state index is 13.0. The van der Waals surface area contributed by atoms with Crippen LogP contribution in [0.15, 0.2) is 71.3 Å². The van der Waals surface area contributed by atoms with Gasteiger partial charge in [0.1, 0.15) is 29.7 Å². The summed E-state index contributed by atoms with van der Waals surface area (Å²) < 4.78 is 13.1. The Kier molecular flexibility index (Phi) is 8.86. The quantitative estimate of drug-likeness (QED) is 0.206. The number of halogens is 1. The molecule has 11 heteroatoms. The van der Waals surface area contributed by atoms with Crippen molar-refractivity contribution in [1.29, 1.82) is 0 Å². The monoisotopic (exact) mass is 606 g/mol. The molecule has 208 valence electrons. The summed E-state index contributed by atoms with van der Waals surface area (Å²) in [7, 11) is 1.44. The number of hydrogen-bond donors (Lipinski definition) is 3. The van der Waals surface area contributed by atoms with Crippen molar-refractivity contribution in [2.24, 2.45) is 0 Å². The first kappa shape index (κ1) is 28.8. The van der Waals surface area contributed by atoms with Gasteiger partial charge in [-0.2, -0.15) is 5.10 Å². The Balaban J connectivity index is 1.46. The van der Waals surface area contributed by atoms with Crippen molar-refractivity contribution < 1.29 is 19.1 Å². The second-order valence-electron chi connectivity index (χ2n) is 10.1. The minimum atomic E-state index is -0.417. The van der Waals surface area contributed by atoms with Crippen molar-refractivity contribution in [2.45, 2.75) is 33.1 Å². The SMILES string of the molecule is COCC(=O)Nc1cc(Oc2ccc(NC(=O)Nc3cc(C(C)(C)C)nn3-c3ccc(C)cc3)cc2Br)ccn1. The first-order chi connectivity index (χ1) is 19.0. The normalized spacial score (nSPS) is 11.2. The van der Waals surface area contributed by atoms with Crippen LogP contribution in [-0.4, -0.2) is 40.4 Å². The Morgan fingerprint density at radius 2 is 1.73 bits per heavy atom. The predicted octanol–water partition coefficient (Wildman–Crippen LogP) is 6.66. The lowest BCUT2D eigenvalue weighted by molar-refractivity contribution is -0.119. The van der Waals surface area contributed by atoms with Crippen molar-refractivity contribution in [2.75, 3.05) is 29.7 Å². The average Bonchev–Trinajstić information content (AvgIpc) is 3.31. The van der Waals surface area contributed by atoms with E-state index >= 15 is 0 Å². The van der Waals surface area contributed by atoms with E-state index in [0.29, 0.717) is 33.3 Å². The maximum atomic E-state index is 13.0. The summed E-state index contributed by atoms with van der Waals surface area (Å²) in [6.45, 7) is 8.16. The van der Waals surface area contributed by atoms with Crippen molar-refractivity contribution in [3.05, 3.63) is 82.6 Å². The molecule has 4 rings (SSSR count). The highest BCUT2D eigenvalue weighted by Gasteiger charge is 2.21. The molecule has 0 atom stereocenters. The highest BCUT2D eigenvalue weighted by Crippen LogP contribution is 2.33. The van der Waals surface area contributed by atoms with Crippen LogP contribution in [0.3, 0.4) is 0 Å². The topological polar surface area (TPSA) is 119 Å². The molecule has 0 aliphatic heterocycles. The number of carbonyl (C=O) groups excluding carboxylic acids is 2. The van der Waals surface area contributed by atoms with Crippen LogP contribution in [0, 0.1) is 6.92 Å². The molecule has 0 saturated carbocycles. The van der Waals surface area contributed by atoms with Crippen molar-refractivity contribution in [3.63, 3.8) is 0 Å². The molecule has 3 N–H and O–H groups in total. The molecule has 0 saturated heterocycles. The largest absolute Gasteiger partial charge is 0.456 e. The van der Waals surface area contributed by atoms with Gasteiger partial charge in [-0.15, -0.1) is 0 Å². The molecule has 0 radical (unpaired) electrons. The molecule has 0 aliphatic carbocycles. The molecule has 2 aromatic carbocycles. The van der Waals surface area contributed by atoms with Crippen LogP contribution in [0.1, 0.15) is 32.0 Å². The highest BCUT2D eigenvalue weighted by atomic mass is 79.9. The molecule has 0 fully saturated rings. The van der Waals surface area contributed by atoms with Crippen LogP contribution >= 0.6 is 15.9 Å². The fourth-order valence-electron chi connectivity index (χ4n) is 3.64.